The Morgan fingerprint density at radius 2 is 1.49 bits per heavy atom. The van der Waals surface area contributed by atoms with Crippen LogP contribution in [0.1, 0.15) is 71.7 Å². The average Bonchev–Trinajstić information content (AvgIpc) is 3.16. The number of fused-ring (bicyclic) bond motifs is 1. The van der Waals surface area contributed by atoms with Gasteiger partial charge in [-0.2, -0.15) is 0 Å². The summed E-state index contributed by atoms with van der Waals surface area (Å²) in [5.41, 5.74) is -2.68. The first-order valence-corrected chi connectivity index (χ1v) is 14.4. The Bertz CT molecular complexity index is 1280. The number of aliphatic hydroxyl groups is 1. The zero-order valence-corrected chi connectivity index (χ0v) is 25.8. The Balaban J connectivity index is 2.29. The number of ether oxygens (including phenoxy) is 4. The zero-order chi connectivity index (χ0) is 32.3. The van der Waals surface area contributed by atoms with E-state index in [9.17, 15) is 29.1 Å². The van der Waals surface area contributed by atoms with Gasteiger partial charge in [0.2, 0.25) is 0 Å². The number of benzene rings is 1. The molecule has 2 aliphatic carbocycles. The molecule has 10 nitrogen and oxygen atoms in total. The maximum Gasteiger partial charge on any atom is 0.338 e. The van der Waals surface area contributed by atoms with Crippen molar-refractivity contribution in [3.63, 3.8) is 0 Å². The lowest BCUT2D eigenvalue weighted by atomic mass is 9.72. The number of hydrogen-bond acceptors (Lipinski definition) is 10. The lowest BCUT2D eigenvalue weighted by Crippen LogP contribution is -2.58. The highest BCUT2D eigenvalue weighted by Gasteiger charge is 2.63. The van der Waals surface area contributed by atoms with Gasteiger partial charge in [-0.05, 0) is 38.3 Å². The van der Waals surface area contributed by atoms with Gasteiger partial charge in [-0.25, -0.2) is 4.79 Å². The van der Waals surface area contributed by atoms with Gasteiger partial charge in [0, 0.05) is 44.1 Å². The number of carbonyl (C=O) groups excluding carboxylic acids is 5. The van der Waals surface area contributed by atoms with E-state index < -0.39 is 77.1 Å². The second-order valence-electron chi connectivity index (χ2n) is 12.2. The fraction of sp³-hybridized carbons (Fsp3) is 0.545. The van der Waals surface area contributed by atoms with Gasteiger partial charge in [0.25, 0.3) is 0 Å². The van der Waals surface area contributed by atoms with Crippen LogP contribution < -0.4 is 0 Å². The Labute approximate surface area is 252 Å². The molecule has 1 aromatic carbocycles. The summed E-state index contributed by atoms with van der Waals surface area (Å²) in [6.45, 7) is 14.5. The van der Waals surface area contributed by atoms with Gasteiger partial charge < -0.3 is 24.1 Å². The minimum Gasteiger partial charge on any atom is -0.459 e. The van der Waals surface area contributed by atoms with E-state index in [0.29, 0.717) is 0 Å². The predicted octanol–water partition coefficient (Wildman–Crippen LogP) is 4.14. The Hall–Kier alpha value is -3.79. The summed E-state index contributed by atoms with van der Waals surface area (Å²) >= 11 is 0. The molecule has 1 aromatic rings. The minimum absolute atomic E-state index is 0.00781. The fourth-order valence-electron chi connectivity index (χ4n) is 6.15. The van der Waals surface area contributed by atoms with Gasteiger partial charge in [0.1, 0.15) is 35.8 Å². The van der Waals surface area contributed by atoms with E-state index in [4.69, 9.17) is 18.9 Å². The largest absolute Gasteiger partial charge is 0.459 e. The maximum absolute atomic E-state index is 13.5. The topological polar surface area (TPSA) is 143 Å². The number of Topliss-reactive ketones (excluding diaryl/α,β-unsaturated/α-hetero) is 1. The van der Waals surface area contributed by atoms with Crippen LogP contribution in [0.15, 0.2) is 54.6 Å². The van der Waals surface area contributed by atoms with Crippen LogP contribution in [0.25, 0.3) is 0 Å². The molecule has 0 amide bonds. The summed E-state index contributed by atoms with van der Waals surface area (Å²) in [6, 6.07) is 8.26. The molecule has 0 aromatic heterocycles. The van der Waals surface area contributed by atoms with Crippen molar-refractivity contribution in [3.05, 3.63) is 60.2 Å². The van der Waals surface area contributed by atoms with Crippen molar-refractivity contribution in [2.45, 2.75) is 91.3 Å². The van der Waals surface area contributed by atoms with Crippen LogP contribution in [0.5, 0.6) is 0 Å². The lowest BCUT2D eigenvalue weighted by Gasteiger charge is -2.44. The van der Waals surface area contributed by atoms with Gasteiger partial charge in [0.15, 0.2) is 0 Å². The summed E-state index contributed by atoms with van der Waals surface area (Å²) in [7, 11) is 0. The van der Waals surface area contributed by atoms with Crippen LogP contribution >= 0.6 is 0 Å². The molecule has 0 spiro atoms. The number of rotatable bonds is 5. The summed E-state index contributed by atoms with van der Waals surface area (Å²) in [5.74, 6) is -5.47. The number of esters is 4. The highest BCUT2D eigenvalue weighted by molar-refractivity contribution is 5.89. The predicted molar refractivity (Wildman–Crippen MR) is 155 cm³/mol. The molecule has 0 aliphatic heterocycles. The van der Waals surface area contributed by atoms with E-state index in [2.05, 4.69) is 6.58 Å². The van der Waals surface area contributed by atoms with Gasteiger partial charge >= 0.3 is 23.9 Å². The molecule has 10 heteroatoms. The Kier molecular flexibility index (Phi) is 10.4. The minimum atomic E-state index is -1.92. The second kappa shape index (κ2) is 13.2. The molecular weight excluding hydrogens is 556 g/mol. The summed E-state index contributed by atoms with van der Waals surface area (Å²) in [5, 5.41) is 12.6. The molecule has 8 atom stereocenters. The Morgan fingerprint density at radius 1 is 0.907 bits per heavy atom. The average molecular weight is 599 g/mol. The van der Waals surface area contributed by atoms with Gasteiger partial charge in [0.05, 0.1) is 11.5 Å². The van der Waals surface area contributed by atoms with Crippen LogP contribution in [0.2, 0.25) is 0 Å². The van der Waals surface area contributed by atoms with Crippen molar-refractivity contribution in [2.75, 3.05) is 0 Å². The van der Waals surface area contributed by atoms with Crippen LogP contribution in [-0.2, 0) is 38.1 Å². The van der Waals surface area contributed by atoms with Crippen molar-refractivity contribution >= 4 is 29.7 Å². The molecule has 0 bridgehead atoms. The molecule has 0 radical (unpaired) electrons. The first-order chi connectivity index (χ1) is 20.0. The molecule has 0 saturated heterocycles. The summed E-state index contributed by atoms with van der Waals surface area (Å²) < 4.78 is 23.1. The lowest BCUT2D eigenvalue weighted by molar-refractivity contribution is -0.191. The van der Waals surface area contributed by atoms with Gasteiger partial charge in [-0.15, -0.1) is 0 Å². The third-order valence-electron chi connectivity index (χ3n) is 8.27. The maximum atomic E-state index is 13.5. The highest BCUT2D eigenvalue weighted by Crippen LogP contribution is 2.51. The van der Waals surface area contributed by atoms with Gasteiger partial charge in [-0.3, -0.25) is 19.2 Å². The van der Waals surface area contributed by atoms with Crippen LogP contribution in [0.3, 0.4) is 0 Å². The van der Waals surface area contributed by atoms with Crippen LogP contribution in [0.4, 0.5) is 0 Å². The molecule has 43 heavy (non-hydrogen) atoms. The Morgan fingerprint density at radius 3 is 2.05 bits per heavy atom. The van der Waals surface area contributed by atoms with Crippen molar-refractivity contribution in [1.82, 2.24) is 0 Å². The van der Waals surface area contributed by atoms with Crippen LogP contribution in [0, 0.1) is 23.2 Å². The first kappa shape index (κ1) is 33.7. The smallest absolute Gasteiger partial charge is 0.338 e. The molecule has 1 saturated carbocycles. The quantitative estimate of drug-likeness (QED) is 0.298. The zero-order valence-electron chi connectivity index (χ0n) is 25.8. The highest BCUT2D eigenvalue weighted by atomic mass is 16.6. The van der Waals surface area contributed by atoms with Crippen molar-refractivity contribution in [3.8, 4) is 0 Å². The molecule has 0 heterocycles. The first-order valence-electron chi connectivity index (χ1n) is 14.4. The number of allylic oxidation sites excluding steroid dienone is 1. The molecule has 234 valence electrons. The molecule has 2 aliphatic rings. The van der Waals surface area contributed by atoms with E-state index in [-0.39, 0.29) is 29.8 Å². The van der Waals surface area contributed by atoms with E-state index in [1.165, 1.54) is 13.8 Å². The fourth-order valence-corrected chi connectivity index (χ4v) is 6.15. The summed E-state index contributed by atoms with van der Waals surface area (Å²) in [6.07, 6.45) is -1.87. The molecule has 1 N–H and O–H groups in total. The number of carbonyl (C=O) groups is 5. The van der Waals surface area contributed by atoms with E-state index in [0.717, 1.165) is 6.92 Å². The summed E-state index contributed by atoms with van der Waals surface area (Å²) in [4.78, 5) is 64.0. The van der Waals surface area contributed by atoms with Crippen molar-refractivity contribution in [2.24, 2.45) is 23.2 Å². The van der Waals surface area contributed by atoms with E-state index in [1.54, 1.807) is 70.2 Å². The number of ketones is 1. The standard InChI is InChI=1S/C33H42O10/c1-18-14-15-32(7,8)26(37)16-25(40-21(4)34)20(3)29(41-22(5)35)27-28(43-31(38)24-12-10-9-11-13-24)19(2)17-33(27,39)30(18)42-23(6)36/h9-15,18-19,25,27-30,39H,3,16-17H2,1-2,4-8H3/t18-,19+,25-,27-,28+,29+,30-,33-/m1/s1. The van der Waals surface area contributed by atoms with E-state index in [1.807, 2.05) is 0 Å². The third kappa shape index (κ3) is 7.60. The molecule has 1 fully saturated rings. The van der Waals surface area contributed by atoms with Crippen LogP contribution in [-0.4, -0.2) is 64.8 Å². The van der Waals surface area contributed by atoms with E-state index >= 15 is 0 Å². The van der Waals surface area contributed by atoms with Crippen molar-refractivity contribution in [1.29, 1.82) is 0 Å². The normalized spacial score (nSPS) is 32.4. The SMILES string of the molecule is C=C1[C@H](OC(C)=O)CC(=O)C(C)(C)C=C[C@@H](C)[C@@H](OC(C)=O)[C@@]2(O)C[C@H](C)[C@H](OC(=O)c3ccccc3)[C@@H]2[C@H]1OC(C)=O. The second-order valence-corrected chi connectivity index (χ2v) is 12.2. The third-order valence-corrected chi connectivity index (χ3v) is 8.27. The number of hydrogen-bond donors (Lipinski definition) is 1. The molecule has 3 rings (SSSR count). The molecule has 0 unspecified atom stereocenters. The monoisotopic (exact) mass is 598 g/mol. The van der Waals surface area contributed by atoms with Crippen molar-refractivity contribution < 1.29 is 48.0 Å². The molecular formula is C33H42O10. The van der Waals surface area contributed by atoms with Gasteiger partial charge in [-0.1, -0.05) is 50.8 Å².